The fourth-order valence-electron chi connectivity index (χ4n) is 3.03. The molecule has 0 spiro atoms. The third-order valence-electron chi connectivity index (χ3n) is 4.22. The third-order valence-corrected chi connectivity index (χ3v) is 4.22. The molecule has 1 atom stereocenters. The van der Waals surface area contributed by atoms with E-state index in [0.717, 1.165) is 5.56 Å². The molecular weight excluding hydrogens is 281 g/mol. The molecular formula is C18H26FNO2. The Balaban J connectivity index is 1.92. The molecule has 1 aliphatic heterocycles. The first-order valence-corrected chi connectivity index (χ1v) is 7.98. The van der Waals surface area contributed by atoms with Crippen LogP contribution in [0.4, 0.5) is 4.39 Å². The lowest BCUT2D eigenvalue weighted by Crippen LogP contribution is -2.47. The molecule has 1 amide bonds. The zero-order valence-electron chi connectivity index (χ0n) is 14.0. The summed E-state index contributed by atoms with van der Waals surface area (Å²) in [6.45, 7) is 8.65. The predicted molar refractivity (Wildman–Crippen MR) is 86.1 cm³/mol. The number of hydrogen-bond acceptors (Lipinski definition) is 2. The van der Waals surface area contributed by atoms with Gasteiger partial charge in [0.15, 0.2) is 6.61 Å². The maximum Gasteiger partial charge on any atom is 0.260 e. The fourth-order valence-corrected chi connectivity index (χ4v) is 3.03. The molecule has 0 radical (unpaired) electrons. The van der Waals surface area contributed by atoms with Gasteiger partial charge in [-0.05, 0) is 55.9 Å². The van der Waals surface area contributed by atoms with E-state index in [-0.39, 0.29) is 19.1 Å². The highest BCUT2D eigenvalue weighted by molar-refractivity contribution is 5.78. The second-order valence-electron chi connectivity index (χ2n) is 6.79. The number of halogens is 1. The fraction of sp³-hybridized carbons (Fsp3) is 0.611. The summed E-state index contributed by atoms with van der Waals surface area (Å²) in [6.07, 6.45) is 1.23. The van der Waals surface area contributed by atoms with Crippen molar-refractivity contribution in [1.29, 1.82) is 0 Å². The van der Waals surface area contributed by atoms with Crippen LogP contribution in [0.1, 0.15) is 50.7 Å². The van der Waals surface area contributed by atoms with Crippen molar-refractivity contribution in [3.8, 4) is 5.75 Å². The zero-order chi connectivity index (χ0) is 16.3. The summed E-state index contributed by atoms with van der Waals surface area (Å²) >= 11 is 0. The smallest absolute Gasteiger partial charge is 0.260 e. The topological polar surface area (TPSA) is 29.5 Å². The third kappa shape index (κ3) is 4.21. The van der Waals surface area contributed by atoms with Gasteiger partial charge in [0.1, 0.15) is 11.4 Å². The van der Waals surface area contributed by atoms with Crippen LogP contribution in [-0.2, 0) is 4.79 Å². The van der Waals surface area contributed by atoms with Crippen LogP contribution < -0.4 is 4.74 Å². The van der Waals surface area contributed by atoms with Crippen molar-refractivity contribution in [3.63, 3.8) is 0 Å². The molecule has 1 saturated heterocycles. The number of likely N-dealkylation sites (tertiary alicyclic amines) is 1. The van der Waals surface area contributed by atoms with Crippen molar-refractivity contribution in [2.75, 3.05) is 19.7 Å². The number of carbonyl (C=O) groups excluding carboxylic acids is 1. The summed E-state index contributed by atoms with van der Waals surface area (Å²) in [4.78, 5) is 13.7. The predicted octanol–water partition coefficient (Wildman–Crippen LogP) is 3.85. The number of aryl methyl sites for hydroxylation is 1. The lowest BCUT2D eigenvalue weighted by molar-refractivity contribution is -0.137. The highest BCUT2D eigenvalue weighted by Crippen LogP contribution is 2.25. The number of carbonyl (C=O) groups is 1. The van der Waals surface area contributed by atoms with Crippen molar-refractivity contribution in [1.82, 2.24) is 4.90 Å². The number of hydrogen-bond donors (Lipinski definition) is 0. The Morgan fingerprint density at radius 3 is 2.77 bits per heavy atom. The average molecular weight is 307 g/mol. The van der Waals surface area contributed by atoms with Gasteiger partial charge in [-0.3, -0.25) is 4.79 Å². The Morgan fingerprint density at radius 2 is 2.18 bits per heavy atom. The van der Waals surface area contributed by atoms with E-state index in [1.165, 1.54) is 5.56 Å². The van der Waals surface area contributed by atoms with Crippen molar-refractivity contribution in [2.24, 2.45) is 0 Å². The maximum absolute atomic E-state index is 14.0. The number of benzene rings is 1. The first-order chi connectivity index (χ1) is 10.3. The Kier molecular flexibility index (Phi) is 5.09. The first kappa shape index (κ1) is 16.8. The lowest BCUT2D eigenvalue weighted by Gasteiger charge is -2.35. The minimum absolute atomic E-state index is 0.0312. The van der Waals surface area contributed by atoms with Gasteiger partial charge in [0.05, 0.1) is 6.54 Å². The number of amides is 1. The van der Waals surface area contributed by atoms with Crippen LogP contribution in [0.3, 0.4) is 0 Å². The number of alkyl halides is 1. The zero-order valence-corrected chi connectivity index (χ0v) is 14.0. The van der Waals surface area contributed by atoms with Crippen molar-refractivity contribution in [2.45, 2.75) is 52.1 Å². The van der Waals surface area contributed by atoms with Gasteiger partial charge >= 0.3 is 0 Å². The molecule has 2 rings (SSSR count). The minimum atomic E-state index is -1.27. The molecule has 1 heterocycles. The highest BCUT2D eigenvalue weighted by atomic mass is 19.1. The van der Waals surface area contributed by atoms with Gasteiger partial charge in [0.2, 0.25) is 0 Å². The molecule has 1 aromatic carbocycles. The van der Waals surface area contributed by atoms with Gasteiger partial charge in [0.25, 0.3) is 5.91 Å². The normalized spacial score (nSPS) is 22.0. The molecule has 1 aromatic rings. The van der Waals surface area contributed by atoms with Gasteiger partial charge in [-0.2, -0.15) is 0 Å². The van der Waals surface area contributed by atoms with E-state index in [2.05, 4.69) is 13.8 Å². The molecule has 0 N–H and O–H groups in total. The first-order valence-electron chi connectivity index (χ1n) is 7.98. The van der Waals surface area contributed by atoms with Gasteiger partial charge in [0, 0.05) is 6.54 Å². The summed E-state index contributed by atoms with van der Waals surface area (Å²) < 4.78 is 19.6. The summed E-state index contributed by atoms with van der Waals surface area (Å²) in [5.41, 5.74) is 1.17. The highest BCUT2D eigenvalue weighted by Gasteiger charge is 2.32. The standard InChI is InChI=1S/C18H26FNO2/c1-13(2)16-7-6-15(10-14(16)3)22-11-17(21)20-9-5-8-18(4,19)12-20/h6-7,10,13H,5,8-9,11-12H2,1-4H3. The molecule has 0 bridgehead atoms. The average Bonchev–Trinajstić information content (AvgIpc) is 2.43. The van der Waals surface area contributed by atoms with E-state index >= 15 is 0 Å². The molecule has 1 fully saturated rings. The van der Waals surface area contributed by atoms with Gasteiger partial charge in [-0.15, -0.1) is 0 Å². The van der Waals surface area contributed by atoms with Crippen LogP contribution in [0.2, 0.25) is 0 Å². The number of ether oxygens (including phenoxy) is 1. The van der Waals surface area contributed by atoms with Gasteiger partial charge in [-0.25, -0.2) is 4.39 Å². The summed E-state index contributed by atoms with van der Waals surface area (Å²) in [5, 5.41) is 0. The van der Waals surface area contributed by atoms with Crippen LogP contribution in [0.15, 0.2) is 18.2 Å². The second-order valence-corrected chi connectivity index (χ2v) is 6.79. The number of nitrogens with zero attached hydrogens (tertiary/aromatic N) is 1. The van der Waals surface area contributed by atoms with E-state index in [4.69, 9.17) is 4.74 Å². The molecule has 1 unspecified atom stereocenters. The molecule has 0 aromatic heterocycles. The molecule has 0 aliphatic carbocycles. The number of rotatable bonds is 4. The quantitative estimate of drug-likeness (QED) is 0.845. The van der Waals surface area contributed by atoms with Crippen LogP contribution in [0.25, 0.3) is 0 Å². The summed E-state index contributed by atoms with van der Waals surface area (Å²) in [6, 6.07) is 5.89. The summed E-state index contributed by atoms with van der Waals surface area (Å²) in [5.74, 6) is 1.01. The van der Waals surface area contributed by atoms with E-state index < -0.39 is 5.67 Å². The van der Waals surface area contributed by atoms with E-state index in [1.54, 1.807) is 11.8 Å². The number of piperidine rings is 1. The van der Waals surface area contributed by atoms with Crippen LogP contribution in [0, 0.1) is 6.92 Å². The molecule has 3 nitrogen and oxygen atoms in total. The Morgan fingerprint density at radius 1 is 1.45 bits per heavy atom. The van der Waals surface area contributed by atoms with E-state index in [1.807, 2.05) is 25.1 Å². The lowest BCUT2D eigenvalue weighted by atomic mass is 9.97. The van der Waals surface area contributed by atoms with E-state index in [0.29, 0.717) is 31.1 Å². The monoisotopic (exact) mass is 307 g/mol. The molecule has 22 heavy (non-hydrogen) atoms. The molecule has 4 heteroatoms. The van der Waals surface area contributed by atoms with Crippen LogP contribution in [-0.4, -0.2) is 36.2 Å². The van der Waals surface area contributed by atoms with Crippen LogP contribution in [0.5, 0.6) is 5.75 Å². The van der Waals surface area contributed by atoms with Gasteiger partial charge < -0.3 is 9.64 Å². The van der Waals surface area contributed by atoms with Crippen molar-refractivity contribution < 1.29 is 13.9 Å². The van der Waals surface area contributed by atoms with E-state index in [9.17, 15) is 9.18 Å². The molecule has 1 aliphatic rings. The van der Waals surface area contributed by atoms with Crippen LogP contribution >= 0.6 is 0 Å². The summed E-state index contributed by atoms with van der Waals surface area (Å²) in [7, 11) is 0. The molecule has 122 valence electrons. The second kappa shape index (κ2) is 6.67. The molecule has 0 saturated carbocycles. The van der Waals surface area contributed by atoms with Crippen molar-refractivity contribution in [3.05, 3.63) is 29.3 Å². The Labute approximate surface area is 132 Å². The van der Waals surface area contributed by atoms with Gasteiger partial charge in [-0.1, -0.05) is 19.9 Å². The maximum atomic E-state index is 14.0. The Bertz CT molecular complexity index is 540. The SMILES string of the molecule is Cc1cc(OCC(=O)N2CCCC(C)(F)C2)ccc1C(C)C. The Hall–Kier alpha value is -1.58. The largest absolute Gasteiger partial charge is 0.484 e. The van der Waals surface area contributed by atoms with Crippen molar-refractivity contribution >= 4 is 5.91 Å². The minimum Gasteiger partial charge on any atom is -0.484 e.